The highest BCUT2D eigenvalue weighted by molar-refractivity contribution is 6.41. The number of anilines is 1. The summed E-state index contributed by atoms with van der Waals surface area (Å²) < 4.78 is 6.19. The van der Waals surface area contributed by atoms with Gasteiger partial charge in [0.2, 0.25) is 0 Å². The zero-order chi connectivity index (χ0) is 21.2. The molecular formula is C25H21N3O3. The molecule has 0 aliphatic carbocycles. The van der Waals surface area contributed by atoms with Gasteiger partial charge in [0.15, 0.2) is 11.6 Å². The Kier molecular flexibility index (Phi) is 4.88. The van der Waals surface area contributed by atoms with E-state index in [0.29, 0.717) is 42.7 Å². The van der Waals surface area contributed by atoms with E-state index in [0.717, 1.165) is 11.3 Å². The van der Waals surface area contributed by atoms with Crippen molar-refractivity contribution < 1.29 is 14.6 Å². The molecule has 6 heteroatoms. The molecule has 2 heterocycles. The van der Waals surface area contributed by atoms with Gasteiger partial charge in [0, 0.05) is 12.1 Å². The average molecular weight is 411 g/mol. The van der Waals surface area contributed by atoms with Gasteiger partial charge < -0.3 is 14.7 Å². The van der Waals surface area contributed by atoms with Crippen molar-refractivity contribution in [1.29, 1.82) is 0 Å². The first-order valence-electron chi connectivity index (χ1n) is 10.1. The van der Waals surface area contributed by atoms with Crippen LogP contribution in [0.4, 0.5) is 5.69 Å². The fraction of sp³-hybridized carbons (Fsp3) is 0.120. The van der Waals surface area contributed by atoms with Gasteiger partial charge >= 0.3 is 0 Å². The molecule has 0 saturated carbocycles. The van der Waals surface area contributed by atoms with E-state index in [4.69, 9.17) is 4.74 Å². The second kappa shape index (κ2) is 7.99. The number of phenolic OH excluding ortho intramolecular Hbond substituents is 1. The molecule has 2 aliphatic rings. The molecule has 0 unspecified atom stereocenters. The number of fused-ring (bicyclic) bond motifs is 1. The molecule has 0 saturated heterocycles. The van der Waals surface area contributed by atoms with Gasteiger partial charge in [0.25, 0.3) is 5.91 Å². The lowest BCUT2D eigenvalue weighted by Gasteiger charge is -2.35. The van der Waals surface area contributed by atoms with Gasteiger partial charge in [-0.2, -0.15) is 0 Å². The number of carbonyl (C=O) groups is 1. The van der Waals surface area contributed by atoms with Gasteiger partial charge in [0.1, 0.15) is 23.9 Å². The molecular weight excluding hydrogens is 390 g/mol. The molecule has 2 aliphatic heterocycles. The Balaban J connectivity index is 1.49. The molecule has 5 rings (SSSR count). The molecule has 0 aromatic heterocycles. The number of hydrogen-bond acceptors (Lipinski definition) is 5. The highest BCUT2D eigenvalue weighted by Crippen LogP contribution is 2.31. The van der Waals surface area contributed by atoms with E-state index >= 15 is 0 Å². The number of aromatic hydroxyl groups is 1. The number of hydrogen-bond donors (Lipinski definition) is 1. The first-order valence-corrected chi connectivity index (χ1v) is 10.1. The van der Waals surface area contributed by atoms with Crippen LogP contribution < -0.4 is 9.64 Å². The van der Waals surface area contributed by atoms with Gasteiger partial charge in [-0.05, 0) is 42.0 Å². The van der Waals surface area contributed by atoms with Crippen LogP contribution in [0, 0.1) is 0 Å². The van der Waals surface area contributed by atoms with Crippen LogP contribution in [0.5, 0.6) is 11.5 Å². The van der Waals surface area contributed by atoms with Crippen molar-refractivity contribution in [3.8, 4) is 11.5 Å². The molecule has 0 bridgehead atoms. The Morgan fingerprint density at radius 1 is 0.903 bits per heavy atom. The summed E-state index contributed by atoms with van der Waals surface area (Å²) in [7, 11) is 0. The number of carbonyl (C=O) groups excluding carboxylic acids is 1. The van der Waals surface area contributed by atoms with Gasteiger partial charge in [-0.1, -0.05) is 48.5 Å². The maximum Gasteiger partial charge on any atom is 0.275 e. The van der Waals surface area contributed by atoms with Crippen LogP contribution in [-0.4, -0.2) is 34.8 Å². The molecule has 3 aromatic carbocycles. The highest BCUT2D eigenvalue weighted by atomic mass is 16.5. The number of aliphatic imine (C=N–C) groups is 1. The predicted molar refractivity (Wildman–Crippen MR) is 119 cm³/mol. The van der Waals surface area contributed by atoms with E-state index < -0.39 is 0 Å². The Labute approximate surface area is 180 Å². The van der Waals surface area contributed by atoms with Crippen molar-refractivity contribution in [3.63, 3.8) is 0 Å². The molecule has 6 nitrogen and oxygen atoms in total. The molecule has 1 N–H and O–H groups in total. The lowest BCUT2D eigenvalue weighted by Crippen LogP contribution is -2.46. The predicted octanol–water partition coefficient (Wildman–Crippen LogP) is 3.94. The summed E-state index contributed by atoms with van der Waals surface area (Å²) in [5.41, 5.74) is 2.39. The summed E-state index contributed by atoms with van der Waals surface area (Å²) in [6.45, 7) is 0.913. The van der Waals surface area contributed by atoms with Crippen LogP contribution >= 0.6 is 0 Å². The van der Waals surface area contributed by atoms with Crippen molar-refractivity contribution in [2.75, 3.05) is 18.1 Å². The third-order valence-corrected chi connectivity index (χ3v) is 5.30. The summed E-state index contributed by atoms with van der Waals surface area (Å²) >= 11 is 0. The highest BCUT2D eigenvalue weighted by Gasteiger charge is 2.38. The Morgan fingerprint density at radius 3 is 2.29 bits per heavy atom. The monoisotopic (exact) mass is 411 g/mol. The number of phenols is 1. The van der Waals surface area contributed by atoms with E-state index in [1.54, 1.807) is 29.2 Å². The third kappa shape index (κ3) is 3.88. The van der Waals surface area contributed by atoms with E-state index in [1.807, 2.05) is 60.7 Å². The largest absolute Gasteiger partial charge is 0.508 e. The molecule has 0 radical (unpaired) electrons. The lowest BCUT2D eigenvalue weighted by molar-refractivity contribution is -0.121. The first kappa shape index (κ1) is 18.9. The van der Waals surface area contributed by atoms with Crippen molar-refractivity contribution in [2.45, 2.75) is 6.42 Å². The summed E-state index contributed by atoms with van der Waals surface area (Å²) in [5.74, 6) is 1.97. The molecule has 154 valence electrons. The standard InChI is InChI=1S/C25H21N3O3/c29-20-13-11-18(12-14-20)15-22-25(30)28-17-27(19-7-3-1-4-8-19)16-23(24(28)26-22)31-21-9-5-2-6-10-21/h1-14,29H,15-17H2. The number of ether oxygens (including phenoxy) is 1. The number of nitrogens with zero attached hydrogens (tertiary/aromatic N) is 3. The van der Waals surface area contributed by atoms with E-state index in [9.17, 15) is 9.90 Å². The van der Waals surface area contributed by atoms with E-state index in [1.165, 1.54) is 0 Å². The van der Waals surface area contributed by atoms with Crippen molar-refractivity contribution in [3.05, 3.63) is 102 Å². The number of para-hydroxylation sites is 2. The number of amides is 1. The summed E-state index contributed by atoms with van der Waals surface area (Å²) in [6.07, 6.45) is 0.392. The van der Waals surface area contributed by atoms with Crippen LogP contribution in [0.25, 0.3) is 0 Å². The van der Waals surface area contributed by atoms with Crippen LogP contribution in [0.3, 0.4) is 0 Å². The fourth-order valence-corrected chi connectivity index (χ4v) is 3.74. The fourth-order valence-electron chi connectivity index (χ4n) is 3.74. The van der Waals surface area contributed by atoms with Crippen LogP contribution in [-0.2, 0) is 11.2 Å². The molecule has 0 spiro atoms. The second-order valence-corrected chi connectivity index (χ2v) is 7.47. The maximum absolute atomic E-state index is 13.2. The molecule has 1 amide bonds. The minimum Gasteiger partial charge on any atom is -0.508 e. The zero-order valence-corrected chi connectivity index (χ0v) is 16.8. The van der Waals surface area contributed by atoms with Crippen LogP contribution in [0.2, 0.25) is 0 Å². The topological polar surface area (TPSA) is 65.4 Å². The molecule has 0 atom stereocenters. The van der Waals surface area contributed by atoms with Gasteiger partial charge in [0.05, 0.1) is 6.54 Å². The van der Waals surface area contributed by atoms with Crippen LogP contribution in [0.1, 0.15) is 5.56 Å². The minimum absolute atomic E-state index is 0.127. The van der Waals surface area contributed by atoms with Gasteiger partial charge in [-0.25, -0.2) is 4.99 Å². The molecule has 31 heavy (non-hydrogen) atoms. The SMILES string of the molecule is O=C1C(Cc2ccc(O)cc2)=NC2=C(Oc3ccccc3)CN(c3ccccc3)CN12. The zero-order valence-electron chi connectivity index (χ0n) is 16.8. The number of rotatable bonds is 5. The summed E-state index contributed by atoms with van der Waals surface area (Å²) in [4.78, 5) is 21.7. The Morgan fingerprint density at radius 2 is 1.58 bits per heavy atom. The van der Waals surface area contributed by atoms with Crippen molar-refractivity contribution in [1.82, 2.24) is 4.90 Å². The quantitative estimate of drug-likeness (QED) is 0.691. The lowest BCUT2D eigenvalue weighted by atomic mass is 10.1. The summed E-state index contributed by atoms with van der Waals surface area (Å²) in [5, 5.41) is 9.52. The first-order chi connectivity index (χ1) is 15.2. The van der Waals surface area contributed by atoms with E-state index in [-0.39, 0.29) is 11.7 Å². The van der Waals surface area contributed by atoms with Gasteiger partial charge in [-0.15, -0.1) is 0 Å². The Bertz CT molecular complexity index is 1160. The van der Waals surface area contributed by atoms with Crippen molar-refractivity contribution in [2.24, 2.45) is 4.99 Å². The maximum atomic E-state index is 13.2. The number of benzene rings is 3. The Hall–Kier alpha value is -4.06. The third-order valence-electron chi connectivity index (χ3n) is 5.30. The smallest absolute Gasteiger partial charge is 0.275 e. The van der Waals surface area contributed by atoms with E-state index in [2.05, 4.69) is 9.89 Å². The second-order valence-electron chi connectivity index (χ2n) is 7.47. The average Bonchev–Trinajstić information content (AvgIpc) is 3.12. The minimum atomic E-state index is -0.127. The van der Waals surface area contributed by atoms with Crippen molar-refractivity contribution >= 4 is 17.3 Å². The van der Waals surface area contributed by atoms with Gasteiger partial charge in [-0.3, -0.25) is 9.69 Å². The normalized spacial score (nSPS) is 15.7. The molecule has 3 aromatic rings. The summed E-state index contributed by atoms with van der Waals surface area (Å²) in [6, 6.07) is 26.3. The van der Waals surface area contributed by atoms with Crippen LogP contribution in [0.15, 0.2) is 102 Å². The molecule has 0 fully saturated rings.